The molecular formula is C24H29B2F8N3P2Pt+2. The van der Waals surface area contributed by atoms with Gasteiger partial charge in [-0.15, -0.1) is 0 Å². The molecule has 16 heteroatoms. The third-order valence-electron chi connectivity index (χ3n) is 4.34. The van der Waals surface area contributed by atoms with E-state index in [1.807, 2.05) is 24.5 Å². The van der Waals surface area contributed by atoms with Crippen molar-refractivity contribution in [3.63, 3.8) is 0 Å². The standard InChI is InChI=1S/2C11H12NP.C2H3N.2BF4.Pt/c2*1-13(2)10-7-3-5-9-6-4-8-12-11(9)10;1-2-3;2*2-1(3,4)5;/h2*3-8H,1-2H3;1H3;;;/q;;;2*-1;+2/p+2. The minimum absolute atomic E-state index is 0. The van der Waals surface area contributed by atoms with Crippen molar-refractivity contribution >= 4 is 62.8 Å². The van der Waals surface area contributed by atoms with E-state index in [2.05, 4.69) is 85.2 Å². The molecule has 0 saturated carbocycles. The number of fused-ring (bicyclic) bond motifs is 2. The Bertz CT molecular complexity index is 1200. The molecule has 4 aromatic rings. The van der Waals surface area contributed by atoms with Crippen molar-refractivity contribution in [2.45, 2.75) is 6.92 Å². The fraction of sp³-hybridized carbons (Fsp3) is 0.208. The van der Waals surface area contributed by atoms with Crippen LogP contribution in [0.5, 0.6) is 0 Å². The Morgan fingerprint density at radius 3 is 1.10 bits per heavy atom. The van der Waals surface area contributed by atoms with Gasteiger partial charge in [-0.3, -0.25) is 9.97 Å². The predicted octanol–water partition coefficient (Wildman–Crippen LogP) is 7.80. The molecule has 0 saturated heterocycles. The number of benzene rings is 2. The molecule has 0 N–H and O–H groups in total. The van der Waals surface area contributed by atoms with Crippen LogP contribution in [0.15, 0.2) is 73.1 Å². The van der Waals surface area contributed by atoms with Gasteiger partial charge in [-0.1, -0.05) is 36.4 Å². The average molecular weight is 790 g/mol. The Morgan fingerprint density at radius 2 is 0.850 bits per heavy atom. The topological polar surface area (TPSA) is 49.6 Å². The van der Waals surface area contributed by atoms with Gasteiger partial charge in [0, 0.05) is 45.9 Å². The molecule has 0 amide bonds. The maximum Gasteiger partial charge on any atom is 2.00 e. The van der Waals surface area contributed by atoms with Crippen LogP contribution >= 0.6 is 15.8 Å². The van der Waals surface area contributed by atoms with Gasteiger partial charge in [-0.05, 0) is 24.3 Å². The van der Waals surface area contributed by atoms with E-state index >= 15 is 0 Å². The number of pyridine rings is 2. The maximum atomic E-state index is 9.75. The molecule has 0 bridgehead atoms. The minimum atomic E-state index is -6.00. The van der Waals surface area contributed by atoms with E-state index in [9.17, 15) is 34.5 Å². The molecule has 3 nitrogen and oxygen atoms in total. The SMILES string of the molecule is CC#N.C[PH+](C)c1cccc2cccnc12.C[PH+](C)c1cccc2cccnc12.F[B-](F)(F)F.F[B-](F)(F)F.[Pt+2]. The summed E-state index contributed by atoms with van der Waals surface area (Å²) < 4.78 is 78.0. The van der Waals surface area contributed by atoms with E-state index < -0.39 is 30.4 Å². The number of para-hydroxylation sites is 2. The van der Waals surface area contributed by atoms with Crippen molar-refractivity contribution < 1.29 is 55.6 Å². The zero-order valence-electron chi connectivity index (χ0n) is 22.3. The van der Waals surface area contributed by atoms with Crippen molar-refractivity contribution in [2.75, 3.05) is 26.7 Å². The first-order valence-corrected chi connectivity index (χ1v) is 16.3. The van der Waals surface area contributed by atoms with E-state index in [1.165, 1.54) is 39.3 Å². The second-order valence-electron chi connectivity index (χ2n) is 7.97. The van der Waals surface area contributed by atoms with Crippen LogP contribution in [-0.2, 0) is 21.1 Å². The first kappa shape index (κ1) is 40.0. The Morgan fingerprint density at radius 1 is 0.600 bits per heavy atom. The zero-order chi connectivity index (χ0) is 30.2. The van der Waals surface area contributed by atoms with Gasteiger partial charge in [0.05, 0.1) is 32.7 Å². The Hall–Kier alpha value is -2.13. The molecule has 0 spiro atoms. The summed E-state index contributed by atoms with van der Waals surface area (Å²) in [5.74, 6) is 0. The monoisotopic (exact) mass is 790 g/mol. The maximum absolute atomic E-state index is 9.75. The van der Waals surface area contributed by atoms with Gasteiger partial charge in [-0.25, -0.2) is 0 Å². The quantitative estimate of drug-likeness (QED) is 0.119. The van der Waals surface area contributed by atoms with Gasteiger partial charge < -0.3 is 34.5 Å². The van der Waals surface area contributed by atoms with Crippen LogP contribution in [0, 0.1) is 11.3 Å². The van der Waals surface area contributed by atoms with E-state index in [1.54, 1.807) is 6.07 Å². The van der Waals surface area contributed by atoms with Crippen molar-refractivity contribution in [3.8, 4) is 6.07 Å². The average Bonchev–Trinajstić information content (AvgIpc) is 2.82. The smallest absolute Gasteiger partial charge is 0.418 e. The minimum Gasteiger partial charge on any atom is -0.418 e. The molecule has 0 aliphatic rings. The van der Waals surface area contributed by atoms with Crippen LogP contribution in [0.3, 0.4) is 0 Å². The third-order valence-corrected chi connectivity index (χ3v) is 7.30. The molecule has 0 atom stereocenters. The molecule has 2 heterocycles. The van der Waals surface area contributed by atoms with Gasteiger partial charge in [-0.2, -0.15) is 5.26 Å². The fourth-order valence-corrected chi connectivity index (χ4v) is 5.24. The summed E-state index contributed by atoms with van der Waals surface area (Å²) in [6.07, 6.45) is 3.74. The van der Waals surface area contributed by atoms with E-state index in [-0.39, 0.29) is 21.1 Å². The van der Waals surface area contributed by atoms with Crippen LogP contribution in [-0.4, -0.2) is 51.1 Å². The summed E-state index contributed by atoms with van der Waals surface area (Å²) in [7, 11) is -12.8. The number of hydrogen-bond donors (Lipinski definition) is 0. The number of hydrogen-bond acceptors (Lipinski definition) is 3. The summed E-state index contributed by atoms with van der Waals surface area (Å²) in [5, 5.41) is 12.7. The summed E-state index contributed by atoms with van der Waals surface area (Å²) in [5.41, 5.74) is 2.37. The Kier molecular flexibility index (Phi) is 19.9. The van der Waals surface area contributed by atoms with Crippen molar-refractivity contribution in [2.24, 2.45) is 0 Å². The zero-order valence-corrected chi connectivity index (χ0v) is 26.5. The van der Waals surface area contributed by atoms with Crippen LogP contribution in [0.4, 0.5) is 34.5 Å². The van der Waals surface area contributed by atoms with Crippen LogP contribution in [0.1, 0.15) is 6.92 Å². The number of nitriles is 1. The molecule has 0 fully saturated rings. The molecule has 0 aliphatic heterocycles. The number of nitrogens with zero attached hydrogens (tertiary/aromatic N) is 3. The predicted molar refractivity (Wildman–Crippen MR) is 155 cm³/mol. The van der Waals surface area contributed by atoms with Gasteiger partial charge in [0.25, 0.3) is 0 Å². The Balaban J connectivity index is 0. The van der Waals surface area contributed by atoms with Crippen LogP contribution in [0.2, 0.25) is 0 Å². The normalized spacial score (nSPS) is 10.3. The first-order chi connectivity index (χ1) is 18.0. The summed E-state index contributed by atoms with van der Waals surface area (Å²) >= 11 is 0. The number of aromatic nitrogens is 2. The molecular weight excluding hydrogens is 761 g/mol. The molecule has 2 aromatic heterocycles. The second-order valence-corrected chi connectivity index (χ2v) is 13.1. The van der Waals surface area contributed by atoms with Crippen molar-refractivity contribution in [1.29, 1.82) is 5.26 Å². The molecule has 0 aliphatic carbocycles. The molecule has 0 radical (unpaired) electrons. The molecule has 4 rings (SSSR count). The van der Waals surface area contributed by atoms with E-state index in [4.69, 9.17) is 5.26 Å². The van der Waals surface area contributed by atoms with Gasteiger partial charge in [0.1, 0.15) is 21.6 Å². The van der Waals surface area contributed by atoms with Crippen LogP contribution < -0.4 is 10.6 Å². The van der Waals surface area contributed by atoms with Gasteiger partial charge >= 0.3 is 35.6 Å². The Labute approximate surface area is 245 Å². The van der Waals surface area contributed by atoms with Gasteiger partial charge in [0.2, 0.25) is 0 Å². The molecule has 220 valence electrons. The van der Waals surface area contributed by atoms with E-state index in [0.29, 0.717) is 0 Å². The largest absolute Gasteiger partial charge is 2.00 e. The second kappa shape index (κ2) is 19.9. The summed E-state index contributed by atoms with van der Waals surface area (Å²) in [6.45, 7) is 10.6. The number of halogens is 8. The molecule has 2 aromatic carbocycles. The summed E-state index contributed by atoms with van der Waals surface area (Å²) in [6, 6.07) is 22.9. The van der Waals surface area contributed by atoms with Crippen molar-refractivity contribution in [3.05, 3.63) is 73.1 Å². The fourth-order valence-electron chi connectivity index (χ4n) is 3.02. The van der Waals surface area contributed by atoms with Crippen molar-refractivity contribution in [1.82, 2.24) is 9.97 Å². The molecule has 0 unspecified atom stereocenters. The third kappa shape index (κ3) is 19.0. The number of rotatable bonds is 2. The van der Waals surface area contributed by atoms with Gasteiger partial charge in [0.15, 0.2) is 0 Å². The van der Waals surface area contributed by atoms with E-state index in [0.717, 1.165) is 0 Å². The molecule has 40 heavy (non-hydrogen) atoms. The first-order valence-electron chi connectivity index (χ1n) is 11.3. The van der Waals surface area contributed by atoms with Crippen LogP contribution in [0.25, 0.3) is 21.8 Å². The summed E-state index contributed by atoms with van der Waals surface area (Å²) in [4.78, 5) is 8.86.